The number of carbonyl (C=O) groups excluding carboxylic acids is 1. The summed E-state index contributed by atoms with van der Waals surface area (Å²) in [7, 11) is 1.79. The summed E-state index contributed by atoms with van der Waals surface area (Å²) in [6.07, 6.45) is 2.00. The van der Waals surface area contributed by atoms with Crippen molar-refractivity contribution in [2.75, 3.05) is 20.1 Å². The van der Waals surface area contributed by atoms with Gasteiger partial charge >= 0.3 is 5.97 Å². The SMILES string of the molecule is CC(C)N(C)C(=O)CN1CCCC1CC(=O)O. The molecule has 1 heterocycles. The van der Waals surface area contributed by atoms with Gasteiger partial charge in [-0.25, -0.2) is 0 Å². The van der Waals surface area contributed by atoms with Gasteiger partial charge in [0.2, 0.25) is 5.91 Å². The van der Waals surface area contributed by atoms with Crippen molar-refractivity contribution in [3.8, 4) is 0 Å². The van der Waals surface area contributed by atoms with E-state index >= 15 is 0 Å². The van der Waals surface area contributed by atoms with Gasteiger partial charge in [0.05, 0.1) is 13.0 Å². The summed E-state index contributed by atoms with van der Waals surface area (Å²) in [6.45, 7) is 5.11. The molecule has 0 saturated carbocycles. The number of carboxylic acids is 1. The molecule has 5 heteroatoms. The molecule has 0 aromatic carbocycles. The molecule has 0 aromatic rings. The Bertz CT molecular complexity index is 291. The summed E-state index contributed by atoms with van der Waals surface area (Å²) >= 11 is 0. The minimum absolute atomic E-state index is 0.0250. The minimum atomic E-state index is -0.786. The van der Waals surface area contributed by atoms with Crippen molar-refractivity contribution in [2.45, 2.75) is 45.2 Å². The lowest BCUT2D eigenvalue weighted by atomic mass is 10.1. The summed E-state index contributed by atoms with van der Waals surface area (Å²) < 4.78 is 0. The monoisotopic (exact) mass is 242 g/mol. The highest BCUT2D eigenvalue weighted by molar-refractivity contribution is 5.78. The highest BCUT2D eigenvalue weighted by atomic mass is 16.4. The number of hydrogen-bond donors (Lipinski definition) is 1. The van der Waals surface area contributed by atoms with Crippen molar-refractivity contribution in [3.05, 3.63) is 0 Å². The topological polar surface area (TPSA) is 60.9 Å². The number of rotatable bonds is 5. The summed E-state index contributed by atoms with van der Waals surface area (Å²) in [6, 6.07) is 0.208. The average Bonchev–Trinajstić information content (AvgIpc) is 2.63. The molecule has 0 aromatic heterocycles. The molecule has 0 bridgehead atoms. The molecular weight excluding hydrogens is 220 g/mol. The average molecular weight is 242 g/mol. The van der Waals surface area contributed by atoms with E-state index in [1.807, 2.05) is 18.7 Å². The van der Waals surface area contributed by atoms with Gasteiger partial charge in [0.25, 0.3) is 0 Å². The Morgan fingerprint density at radius 3 is 2.65 bits per heavy atom. The molecule has 98 valence electrons. The van der Waals surface area contributed by atoms with Crippen molar-refractivity contribution in [3.63, 3.8) is 0 Å². The van der Waals surface area contributed by atoms with Gasteiger partial charge in [-0.15, -0.1) is 0 Å². The normalized spacial score (nSPS) is 20.8. The molecule has 1 rings (SSSR count). The molecule has 1 fully saturated rings. The van der Waals surface area contributed by atoms with Gasteiger partial charge in [-0.05, 0) is 33.2 Å². The van der Waals surface area contributed by atoms with E-state index in [9.17, 15) is 9.59 Å². The van der Waals surface area contributed by atoms with E-state index in [1.54, 1.807) is 11.9 Å². The molecule has 1 saturated heterocycles. The lowest BCUT2D eigenvalue weighted by Crippen LogP contribution is -2.43. The maximum Gasteiger partial charge on any atom is 0.304 e. The zero-order valence-corrected chi connectivity index (χ0v) is 10.8. The van der Waals surface area contributed by atoms with Gasteiger partial charge in [0.1, 0.15) is 0 Å². The molecule has 1 unspecified atom stereocenters. The maximum absolute atomic E-state index is 11.9. The Morgan fingerprint density at radius 1 is 1.47 bits per heavy atom. The molecule has 0 aliphatic carbocycles. The van der Waals surface area contributed by atoms with Crippen LogP contribution in [0, 0.1) is 0 Å². The highest BCUT2D eigenvalue weighted by Crippen LogP contribution is 2.19. The van der Waals surface area contributed by atoms with E-state index < -0.39 is 5.97 Å². The van der Waals surface area contributed by atoms with Crippen LogP contribution in [0.15, 0.2) is 0 Å². The van der Waals surface area contributed by atoms with Crippen LogP contribution >= 0.6 is 0 Å². The van der Waals surface area contributed by atoms with E-state index in [4.69, 9.17) is 5.11 Å². The number of carbonyl (C=O) groups is 2. The molecule has 0 radical (unpaired) electrons. The third-order valence-electron chi connectivity index (χ3n) is 3.42. The first-order chi connectivity index (χ1) is 7.91. The Morgan fingerprint density at radius 2 is 2.12 bits per heavy atom. The van der Waals surface area contributed by atoms with Crippen LogP contribution in [0.25, 0.3) is 0 Å². The number of hydrogen-bond acceptors (Lipinski definition) is 3. The van der Waals surface area contributed by atoms with Crippen LogP contribution in [0.5, 0.6) is 0 Å². The summed E-state index contributed by atoms with van der Waals surface area (Å²) in [4.78, 5) is 26.3. The zero-order chi connectivity index (χ0) is 13.0. The summed E-state index contributed by atoms with van der Waals surface area (Å²) in [5.41, 5.74) is 0. The minimum Gasteiger partial charge on any atom is -0.481 e. The molecule has 1 N–H and O–H groups in total. The third kappa shape index (κ3) is 4.00. The van der Waals surface area contributed by atoms with Crippen LogP contribution in [0.2, 0.25) is 0 Å². The number of carboxylic acid groups (broad SMARTS) is 1. The lowest BCUT2D eigenvalue weighted by molar-refractivity contribution is -0.139. The zero-order valence-electron chi connectivity index (χ0n) is 10.8. The standard InChI is InChI=1S/C12H22N2O3/c1-9(2)13(3)11(15)8-14-6-4-5-10(14)7-12(16)17/h9-10H,4-8H2,1-3H3,(H,16,17). The fourth-order valence-corrected chi connectivity index (χ4v) is 2.11. The molecule has 1 aliphatic rings. The van der Waals surface area contributed by atoms with Crippen LogP contribution in [0.1, 0.15) is 33.1 Å². The summed E-state index contributed by atoms with van der Waals surface area (Å²) in [5.74, 6) is -0.719. The van der Waals surface area contributed by atoms with Crippen LogP contribution in [-0.4, -0.2) is 59.0 Å². The largest absolute Gasteiger partial charge is 0.481 e. The van der Waals surface area contributed by atoms with E-state index in [-0.39, 0.29) is 24.4 Å². The van der Waals surface area contributed by atoms with E-state index in [0.29, 0.717) is 6.54 Å². The smallest absolute Gasteiger partial charge is 0.304 e. The van der Waals surface area contributed by atoms with E-state index in [1.165, 1.54) is 0 Å². The Labute approximate surface area is 102 Å². The molecule has 1 amide bonds. The van der Waals surface area contributed by atoms with Gasteiger partial charge < -0.3 is 10.0 Å². The number of likely N-dealkylation sites (tertiary alicyclic amines) is 1. The second-order valence-corrected chi connectivity index (χ2v) is 4.96. The molecule has 5 nitrogen and oxygen atoms in total. The van der Waals surface area contributed by atoms with Crippen molar-refractivity contribution < 1.29 is 14.7 Å². The second kappa shape index (κ2) is 6.00. The quantitative estimate of drug-likeness (QED) is 0.774. The number of amides is 1. The highest BCUT2D eigenvalue weighted by Gasteiger charge is 2.29. The number of aliphatic carboxylic acids is 1. The number of nitrogens with zero attached hydrogens (tertiary/aromatic N) is 2. The maximum atomic E-state index is 11.9. The van der Waals surface area contributed by atoms with Crippen molar-refractivity contribution in [1.29, 1.82) is 0 Å². The molecule has 1 atom stereocenters. The Hall–Kier alpha value is -1.10. The van der Waals surface area contributed by atoms with Crippen molar-refractivity contribution in [2.24, 2.45) is 0 Å². The predicted octanol–water partition coefficient (Wildman–Crippen LogP) is 0.792. The molecule has 0 spiro atoms. The fraction of sp³-hybridized carbons (Fsp3) is 0.833. The van der Waals surface area contributed by atoms with Crippen molar-refractivity contribution in [1.82, 2.24) is 9.80 Å². The van der Waals surface area contributed by atoms with E-state index in [2.05, 4.69) is 0 Å². The second-order valence-electron chi connectivity index (χ2n) is 4.96. The van der Waals surface area contributed by atoms with Gasteiger partial charge in [-0.3, -0.25) is 14.5 Å². The number of likely N-dealkylation sites (N-methyl/N-ethyl adjacent to an activating group) is 1. The molecular formula is C12H22N2O3. The summed E-state index contributed by atoms with van der Waals surface area (Å²) in [5, 5.41) is 8.80. The van der Waals surface area contributed by atoms with Crippen LogP contribution in [0.3, 0.4) is 0 Å². The van der Waals surface area contributed by atoms with Crippen LogP contribution in [0.4, 0.5) is 0 Å². The fourth-order valence-electron chi connectivity index (χ4n) is 2.11. The third-order valence-corrected chi connectivity index (χ3v) is 3.42. The van der Waals surface area contributed by atoms with Crippen LogP contribution in [-0.2, 0) is 9.59 Å². The Kier molecular flexibility index (Phi) is 4.93. The van der Waals surface area contributed by atoms with E-state index in [0.717, 1.165) is 19.4 Å². The molecule has 1 aliphatic heterocycles. The van der Waals surface area contributed by atoms with Gasteiger partial charge in [0.15, 0.2) is 0 Å². The first-order valence-corrected chi connectivity index (χ1v) is 6.13. The Balaban J connectivity index is 2.49. The van der Waals surface area contributed by atoms with Gasteiger partial charge in [-0.2, -0.15) is 0 Å². The van der Waals surface area contributed by atoms with Gasteiger partial charge in [-0.1, -0.05) is 0 Å². The molecule has 17 heavy (non-hydrogen) atoms. The van der Waals surface area contributed by atoms with Crippen LogP contribution < -0.4 is 0 Å². The van der Waals surface area contributed by atoms with Crippen molar-refractivity contribution >= 4 is 11.9 Å². The predicted molar refractivity (Wildman–Crippen MR) is 64.8 cm³/mol. The first-order valence-electron chi connectivity index (χ1n) is 6.13. The van der Waals surface area contributed by atoms with Gasteiger partial charge in [0, 0.05) is 19.1 Å². The first kappa shape index (κ1) is 14.0. The lowest BCUT2D eigenvalue weighted by Gasteiger charge is -2.27.